The van der Waals surface area contributed by atoms with E-state index in [-0.39, 0.29) is 23.4 Å². The third-order valence-corrected chi connectivity index (χ3v) is 4.97. The molecule has 136 valence electrons. The molecular formula is C15H15Cl3N2O4S. The molecule has 0 aromatic carbocycles. The first kappa shape index (κ1) is 20.2. The van der Waals surface area contributed by atoms with Crippen LogP contribution in [0.15, 0.2) is 34.7 Å². The second-order valence-corrected chi connectivity index (χ2v) is 8.90. The molecule has 25 heavy (non-hydrogen) atoms. The molecule has 6 nitrogen and oxygen atoms in total. The van der Waals surface area contributed by atoms with E-state index in [0.717, 1.165) is 9.81 Å². The number of alkyl halides is 3. The van der Waals surface area contributed by atoms with Gasteiger partial charge in [0.05, 0.1) is 5.75 Å². The van der Waals surface area contributed by atoms with Gasteiger partial charge in [0.15, 0.2) is 5.78 Å². The first-order valence-corrected chi connectivity index (χ1v) is 9.26. The molecular weight excluding hydrogens is 411 g/mol. The highest BCUT2D eigenvalue weighted by atomic mass is 35.6. The van der Waals surface area contributed by atoms with Crippen LogP contribution in [0.2, 0.25) is 0 Å². The number of hydrogen-bond acceptors (Lipinski definition) is 5. The number of ether oxygens (including phenoxy) is 1. The van der Waals surface area contributed by atoms with Crippen molar-refractivity contribution in [2.45, 2.75) is 17.6 Å². The normalized spacial score (nSPS) is 21.0. The Hall–Kier alpha value is -1.15. The Morgan fingerprint density at radius 3 is 2.68 bits per heavy atom. The van der Waals surface area contributed by atoms with Crippen molar-refractivity contribution in [2.75, 3.05) is 12.4 Å². The highest BCUT2D eigenvalue weighted by Crippen LogP contribution is 2.37. The lowest BCUT2D eigenvalue weighted by atomic mass is 9.93. The third-order valence-electron chi connectivity index (χ3n) is 3.37. The molecule has 1 unspecified atom stereocenters. The van der Waals surface area contributed by atoms with Crippen molar-refractivity contribution in [1.29, 1.82) is 0 Å². The van der Waals surface area contributed by atoms with Crippen molar-refractivity contribution >= 4 is 64.3 Å². The fourth-order valence-electron chi connectivity index (χ4n) is 2.31. The number of Topliss-reactive ketones (excluding diaryl/α,β-unsaturated/α-hetero) is 1. The lowest BCUT2D eigenvalue weighted by molar-refractivity contribution is -0.118. The van der Waals surface area contributed by atoms with Crippen LogP contribution in [0.3, 0.4) is 0 Å². The van der Waals surface area contributed by atoms with Gasteiger partial charge in [0, 0.05) is 34.5 Å². The average Bonchev–Trinajstić information content (AvgIpc) is 2.51. The van der Waals surface area contributed by atoms with Crippen molar-refractivity contribution in [2.24, 2.45) is 5.92 Å². The first-order valence-electron chi connectivity index (χ1n) is 7.14. The Labute approximate surface area is 164 Å². The highest BCUT2D eigenvalue weighted by molar-refractivity contribution is 8.03. The summed E-state index contributed by atoms with van der Waals surface area (Å²) in [5.41, 5.74) is 1.08. The van der Waals surface area contributed by atoms with Gasteiger partial charge < -0.3 is 10.1 Å². The van der Waals surface area contributed by atoms with Gasteiger partial charge in [-0.2, -0.15) is 0 Å². The highest BCUT2D eigenvalue weighted by Gasteiger charge is 2.31. The zero-order chi connectivity index (χ0) is 18.8. The van der Waals surface area contributed by atoms with Crippen LogP contribution in [-0.4, -0.2) is 38.8 Å². The number of halogens is 3. The van der Waals surface area contributed by atoms with Gasteiger partial charge in [0.1, 0.15) is 6.61 Å². The Morgan fingerprint density at radius 2 is 2.12 bits per heavy atom. The number of hydrogen-bond donors (Lipinski definition) is 1. The summed E-state index contributed by atoms with van der Waals surface area (Å²) in [4.78, 5) is 37.5. The van der Waals surface area contributed by atoms with Gasteiger partial charge in [0.2, 0.25) is 9.70 Å². The fraction of sp³-hybridized carbons (Fsp3) is 0.400. The molecule has 0 aromatic rings. The van der Waals surface area contributed by atoms with E-state index in [1.165, 1.54) is 31.1 Å². The Balaban J connectivity index is 2.21. The molecule has 0 fully saturated rings. The summed E-state index contributed by atoms with van der Waals surface area (Å²) in [7, 11) is 0. The van der Waals surface area contributed by atoms with E-state index in [1.54, 1.807) is 13.0 Å². The van der Waals surface area contributed by atoms with Crippen molar-refractivity contribution in [3.8, 4) is 0 Å². The van der Waals surface area contributed by atoms with Crippen LogP contribution in [-0.2, 0) is 14.3 Å². The molecule has 2 heterocycles. The minimum absolute atomic E-state index is 0.0868. The second-order valence-electron chi connectivity index (χ2n) is 5.36. The lowest BCUT2D eigenvalue weighted by Crippen LogP contribution is -2.33. The van der Waals surface area contributed by atoms with Gasteiger partial charge in [-0.15, -0.1) is 11.8 Å². The van der Waals surface area contributed by atoms with Gasteiger partial charge in [-0.25, -0.2) is 4.79 Å². The van der Waals surface area contributed by atoms with Crippen LogP contribution in [0.5, 0.6) is 0 Å². The van der Waals surface area contributed by atoms with Crippen LogP contribution < -0.4 is 5.32 Å². The van der Waals surface area contributed by atoms with Crippen molar-refractivity contribution in [3.63, 3.8) is 0 Å². The molecule has 0 bridgehead atoms. The molecule has 0 aliphatic carbocycles. The predicted octanol–water partition coefficient (Wildman–Crippen LogP) is 3.51. The fourth-order valence-corrected chi connectivity index (χ4v) is 3.48. The number of nitrogens with zero attached hydrogens (tertiary/aromatic N) is 1. The zero-order valence-electron chi connectivity index (χ0n) is 13.3. The van der Waals surface area contributed by atoms with E-state index in [2.05, 4.69) is 5.32 Å². The zero-order valence-corrected chi connectivity index (χ0v) is 16.4. The van der Waals surface area contributed by atoms with E-state index in [9.17, 15) is 14.4 Å². The second kappa shape index (κ2) is 8.03. The molecule has 1 N–H and O–H groups in total. The number of carbonyl (C=O) groups excluding carboxylic acids is 3. The van der Waals surface area contributed by atoms with E-state index >= 15 is 0 Å². The Bertz CT molecular complexity index is 697. The largest absolute Gasteiger partial charge is 0.444 e. The van der Waals surface area contributed by atoms with Crippen LogP contribution in [0.1, 0.15) is 13.8 Å². The smallest absolute Gasteiger partial charge is 0.418 e. The quantitative estimate of drug-likeness (QED) is 0.700. The lowest BCUT2D eigenvalue weighted by Gasteiger charge is -2.29. The maximum atomic E-state index is 12.0. The first-order chi connectivity index (χ1) is 11.6. The van der Waals surface area contributed by atoms with Gasteiger partial charge in [-0.05, 0) is 13.8 Å². The van der Waals surface area contributed by atoms with Gasteiger partial charge in [-0.3, -0.25) is 14.5 Å². The summed E-state index contributed by atoms with van der Waals surface area (Å²) in [6, 6.07) is 0. The molecule has 2 aliphatic heterocycles. The number of carbonyl (C=O) groups is 3. The van der Waals surface area contributed by atoms with Gasteiger partial charge in [-0.1, -0.05) is 40.9 Å². The SMILES string of the molecule is CC(=O)C1=CN(C(=O)OCC(Cl)(Cl)Cl)C=CC1C1=C(C)NC(=O)CS1. The summed E-state index contributed by atoms with van der Waals surface area (Å²) in [5.74, 6) is -0.361. The van der Waals surface area contributed by atoms with E-state index < -0.39 is 16.5 Å². The predicted molar refractivity (Wildman–Crippen MR) is 98.2 cm³/mol. The van der Waals surface area contributed by atoms with Crippen molar-refractivity contribution in [3.05, 3.63) is 34.7 Å². The molecule has 0 radical (unpaired) electrons. The van der Waals surface area contributed by atoms with Crippen LogP contribution in [0.4, 0.5) is 4.79 Å². The number of ketones is 1. The van der Waals surface area contributed by atoms with Crippen LogP contribution in [0.25, 0.3) is 0 Å². The topological polar surface area (TPSA) is 75.7 Å². The molecule has 0 spiro atoms. The maximum Gasteiger partial charge on any atom is 0.418 e. The Kier molecular flexibility index (Phi) is 6.48. The van der Waals surface area contributed by atoms with Crippen molar-refractivity contribution < 1.29 is 19.1 Å². The van der Waals surface area contributed by atoms with Gasteiger partial charge in [0.25, 0.3) is 0 Å². The molecule has 0 saturated heterocycles. The maximum absolute atomic E-state index is 12.0. The number of amides is 2. The van der Waals surface area contributed by atoms with Gasteiger partial charge >= 0.3 is 6.09 Å². The van der Waals surface area contributed by atoms with E-state index in [1.807, 2.05) is 0 Å². The standard InChI is InChI=1S/C15H15Cl3N2O4S/c1-8-13(25-6-12(22)19-8)10-3-4-20(5-11(10)9(2)21)14(23)24-7-15(16,17)18/h3-5,10H,6-7H2,1-2H3,(H,19,22). The molecule has 2 amide bonds. The van der Waals surface area contributed by atoms with E-state index in [0.29, 0.717) is 11.3 Å². The third kappa shape index (κ3) is 5.41. The minimum atomic E-state index is -1.72. The number of rotatable bonds is 3. The minimum Gasteiger partial charge on any atom is -0.444 e. The summed E-state index contributed by atoms with van der Waals surface area (Å²) in [6.45, 7) is 2.76. The van der Waals surface area contributed by atoms with E-state index in [4.69, 9.17) is 39.5 Å². The summed E-state index contributed by atoms with van der Waals surface area (Å²) in [6.07, 6.45) is 3.80. The van der Waals surface area contributed by atoms with Crippen LogP contribution in [0, 0.1) is 5.92 Å². The molecule has 0 saturated carbocycles. The molecule has 10 heteroatoms. The Morgan fingerprint density at radius 1 is 1.44 bits per heavy atom. The summed E-state index contributed by atoms with van der Waals surface area (Å²) in [5, 5.41) is 2.76. The van der Waals surface area contributed by atoms with Crippen molar-refractivity contribution in [1.82, 2.24) is 10.2 Å². The monoisotopic (exact) mass is 424 g/mol. The average molecular weight is 426 g/mol. The summed E-state index contributed by atoms with van der Waals surface area (Å²) < 4.78 is 3.18. The molecule has 2 rings (SSSR count). The molecule has 0 aromatic heterocycles. The number of nitrogens with one attached hydrogen (secondary N) is 1. The van der Waals surface area contributed by atoms with Crippen LogP contribution >= 0.6 is 46.6 Å². The summed E-state index contributed by atoms with van der Waals surface area (Å²) >= 11 is 18.0. The molecule has 1 atom stereocenters. The number of thioether (sulfide) groups is 1. The number of allylic oxidation sites excluding steroid dienone is 4. The molecule has 2 aliphatic rings.